The summed E-state index contributed by atoms with van der Waals surface area (Å²) < 4.78 is 5.05. The van der Waals surface area contributed by atoms with Crippen molar-refractivity contribution in [3.8, 4) is 0 Å². The van der Waals surface area contributed by atoms with Crippen LogP contribution in [0.1, 0.15) is 47.0 Å². The van der Waals surface area contributed by atoms with E-state index in [0.717, 1.165) is 6.42 Å². The van der Waals surface area contributed by atoms with Gasteiger partial charge in [0.15, 0.2) is 0 Å². The highest BCUT2D eigenvalue weighted by Gasteiger charge is 2.20. The molecule has 1 unspecified atom stereocenters. The first kappa shape index (κ1) is 14.7. The molecule has 5 heteroatoms. The predicted molar refractivity (Wildman–Crippen MR) is 60.3 cm³/mol. The largest absolute Gasteiger partial charge is 0.481 e. The van der Waals surface area contributed by atoms with Crippen molar-refractivity contribution in [1.82, 2.24) is 5.32 Å². The number of hydrogen-bond acceptors (Lipinski definition) is 3. The fourth-order valence-corrected chi connectivity index (χ4v) is 1.26. The maximum atomic E-state index is 11.4. The Morgan fingerprint density at radius 2 is 1.94 bits per heavy atom. The summed E-state index contributed by atoms with van der Waals surface area (Å²) in [5, 5.41) is 11.2. The van der Waals surface area contributed by atoms with Crippen LogP contribution in [0, 0.1) is 0 Å². The number of aliphatic carboxylic acids is 1. The predicted octanol–water partition coefficient (Wildman–Crippen LogP) is 2.15. The van der Waals surface area contributed by atoms with Gasteiger partial charge >= 0.3 is 12.1 Å². The molecule has 0 heterocycles. The lowest BCUT2D eigenvalue weighted by molar-refractivity contribution is -0.137. The second kappa shape index (κ2) is 6.35. The molecule has 94 valence electrons. The zero-order valence-electron chi connectivity index (χ0n) is 10.4. The van der Waals surface area contributed by atoms with Gasteiger partial charge in [-0.1, -0.05) is 13.3 Å². The second-order valence-electron chi connectivity index (χ2n) is 4.73. The molecule has 16 heavy (non-hydrogen) atoms. The van der Waals surface area contributed by atoms with Gasteiger partial charge in [-0.05, 0) is 27.2 Å². The summed E-state index contributed by atoms with van der Waals surface area (Å²) in [5.41, 5.74) is -0.565. The molecule has 0 saturated carbocycles. The molecule has 0 aliphatic heterocycles. The number of rotatable bonds is 5. The fraction of sp³-hybridized carbons (Fsp3) is 0.818. The average molecular weight is 231 g/mol. The number of carbonyl (C=O) groups is 2. The maximum Gasteiger partial charge on any atom is 0.407 e. The van der Waals surface area contributed by atoms with E-state index >= 15 is 0 Å². The van der Waals surface area contributed by atoms with Crippen LogP contribution in [-0.2, 0) is 9.53 Å². The number of nitrogens with one attached hydrogen (secondary N) is 1. The van der Waals surface area contributed by atoms with Gasteiger partial charge in [-0.3, -0.25) is 4.79 Å². The van der Waals surface area contributed by atoms with E-state index in [-0.39, 0.29) is 12.5 Å². The lowest BCUT2D eigenvalue weighted by Crippen LogP contribution is -2.40. The topological polar surface area (TPSA) is 75.6 Å². The molecule has 1 amide bonds. The van der Waals surface area contributed by atoms with Gasteiger partial charge in [0.25, 0.3) is 0 Å². The van der Waals surface area contributed by atoms with E-state index in [2.05, 4.69) is 5.32 Å². The minimum Gasteiger partial charge on any atom is -0.481 e. The molecule has 0 aliphatic rings. The molecule has 0 rings (SSSR count). The first-order valence-electron chi connectivity index (χ1n) is 5.46. The molecule has 5 nitrogen and oxygen atoms in total. The lowest BCUT2D eigenvalue weighted by atomic mass is 10.1. The van der Waals surface area contributed by atoms with Gasteiger partial charge in [-0.15, -0.1) is 0 Å². The molecule has 0 spiro atoms. The minimum absolute atomic E-state index is 0.0763. The first-order valence-corrected chi connectivity index (χ1v) is 5.46. The molecule has 0 fully saturated rings. The van der Waals surface area contributed by atoms with Gasteiger partial charge in [-0.2, -0.15) is 0 Å². The highest BCUT2D eigenvalue weighted by molar-refractivity contribution is 5.71. The highest BCUT2D eigenvalue weighted by Crippen LogP contribution is 2.08. The van der Waals surface area contributed by atoms with Crippen molar-refractivity contribution in [3.63, 3.8) is 0 Å². The van der Waals surface area contributed by atoms with Crippen molar-refractivity contribution < 1.29 is 19.4 Å². The molecule has 0 saturated heterocycles. The Bertz CT molecular complexity index is 245. The van der Waals surface area contributed by atoms with Gasteiger partial charge in [0.2, 0.25) is 0 Å². The van der Waals surface area contributed by atoms with Crippen molar-refractivity contribution in [3.05, 3.63) is 0 Å². The SMILES string of the molecule is CCCC(CC(=O)O)NC(=O)OC(C)(C)C. The Labute approximate surface area is 96.2 Å². The van der Waals surface area contributed by atoms with E-state index in [0.29, 0.717) is 6.42 Å². The first-order chi connectivity index (χ1) is 7.24. The normalized spacial score (nSPS) is 13.0. The quantitative estimate of drug-likeness (QED) is 0.760. The number of carbonyl (C=O) groups excluding carboxylic acids is 1. The van der Waals surface area contributed by atoms with Crippen LogP contribution < -0.4 is 5.32 Å². The summed E-state index contributed by atoms with van der Waals surface area (Å²) in [5.74, 6) is -0.922. The van der Waals surface area contributed by atoms with Crippen LogP contribution in [0.4, 0.5) is 4.79 Å². The summed E-state index contributed by atoms with van der Waals surface area (Å²) in [6, 6.07) is -0.364. The van der Waals surface area contributed by atoms with Crippen molar-refractivity contribution >= 4 is 12.1 Å². The molecule has 0 bridgehead atoms. The smallest absolute Gasteiger partial charge is 0.407 e. The van der Waals surface area contributed by atoms with Crippen molar-refractivity contribution in [1.29, 1.82) is 0 Å². The number of alkyl carbamates (subject to hydrolysis) is 1. The van der Waals surface area contributed by atoms with Gasteiger partial charge in [0.1, 0.15) is 5.60 Å². The van der Waals surface area contributed by atoms with E-state index in [9.17, 15) is 9.59 Å². The molecule has 0 aromatic carbocycles. The molecular weight excluding hydrogens is 210 g/mol. The minimum atomic E-state index is -0.922. The maximum absolute atomic E-state index is 11.4. The highest BCUT2D eigenvalue weighted by atomic mass is 16.6. The summed E-state index contributed by atoms with van der Waals surface area (Å²) in [7, 11) is 0. The van der Waals surface area contributed by atoms with Crippen LogP contribution in [0.25, 0.3) is 0 Å². The number of carboxylic acid groups (broad SMARTS) is 1. The van der Waals surface area contributed by atoms with Crippen LogP contribution in [0.15, 0.2) is 0 Å². The van der Waals surface area contributed by atoms with Crippen LogP contribution in [-0.4, -0.2) is 28.8 Å². The Kier molecular flexibility index (Phi) is 5.85. The van der Waals surface area contributed by atoms with E-state index in [1.54, 1.807) is 20.8 Å². The number of carboxylic acids is 1. The van der Waals surface area contributed by atoms with Gasteiger partial charge in [0, 0.05) is 6.04 Å². The van der Waals surface area contributed by atoms with E-state index in [1.807, 2.05) is 6.92 Å². The van der Waals surface area contributed by atoms with Crippen molar-refractivity contribution in [2.24, 2.45) is 0 Å². The Morgan fingerprint density at radius 1 is 1.38 bits per heavy atom. The molecule has 0 radical (unpaired) electrons. The van der Waals surface area contributed by atoms with Gasteiger partial charge in [-0.25, -0.2) is 4.79 Å². The molecule has 0 aromatic rings. The summed E-state index contributed by atoms with van der Waals surface area (Å²) in [6.07, 6.45) is 0.805. The zero-order chi connectivity index (χ0) is 12.8. The second-order valence-corrected chi connectivity index (χ2v) is 4.73. The molecule has 1 atom stereocenters. The van der Waals surface area contributed by atoms with E-state index in [1.165, 1.54) is 0 Å². The van der Waals surface area contributed by atoms with Crippen LogP contribution >= 0.6 is 0 Å². The summed E-state index contributed by atoms with van der Waals surface area (Å²) >= 11 is 0. The molecular formula is C11H21NO4. The third-order valence-electron chi connectivity index (χ3n) is 1.78. The Balaban J connectivity index is 4.17. The third-order valence-corrected chi connectivity index (χ3v) is 1.78. The van der Waals surface area contributed by atoms with Crippen LogP contribution in [0.5, 0.6) is 0 Å². The Morgan fingerprint density at radius 3 is 2.31 bits per heavy atom. The van der Waals surface area contributed by atoms with E-state index in [4.69, 9.17) is 9.84 Å². The van der Waals surface area contributed by atoms with Gasteiger partial charge < -0.3 is 15.2 Å². The van der Waals surface area contributed by atoms with Crippen molar-refractivity contribution in [2.75, 3.05) is 0 Å². The van der Waals surface area contributed by atoms with Crippen LogP contribution in [0.3, 0.4) is 0 Å². The average Bonchev–Trinajstić information content (AvgIpc) is 1.98. The van der Waals surface area contributed by atoms with Crippen LogP contribution in [0.2, 0.25) is 0 Å². The summed E-state index contributed by atoms with van der Waals surface area (Å²) in [4.78, 5) is 22.0. The van der Waals surface area contributed by atoms with E-state index < -0.39 is 17.7 Å². The monoisotopic (exact) mass is 231 g/mol. The fourth-order valence-electron chi connectivity index (χ4n) is 1.26. The zero-order valence-corrected chi connectivity index (χ0v) is 10.4. The molecule has 0 aromatic heterocycles. The number of ether oxygens (including phenoxy) is 1. The van der Waals surface area contributed by atoms with Gasteiger partial charge in [0.05, 0.1) is 6.42 Å². The van der Waals surface area contributed by atoms with Crippen molar-refractivity contribution in [2.45, 2.75) is 58.6 Å². The lowest BCUT2D eigenvalue weighted by Gasteiger charge is -2.22. The number of hydrogen-bond donors (Lipinski definition) is 2. The number of amides is 1. The molecule has 0 aliphatic carbocycles. The summed E-state index contributed by atoms with van der Waals surface area (Å²) in [6.45, 7) is 7.22. The Hall–Kier alpha value is -1.26. The third kappa shape index (κ3) is 8.08. The molecule has 2 N–H and O–H groups in total. The standard InChI is InChI=1S/C11H21NO4/c1-5-6-8(7-9(13)14)12-10(15)16-11(2,3)4/h8H,5-7H2,1-4H3,(H,12,15)(H,13,14).